The maximum absolute atomic E-state index is 6.07. The van der Waals surface area contributed by atoms with E-state index in [1.54, 1.807) is 0 Å². The van der Waals surface area contributed by atoms with Crippen molar-refractivity contribution in [3.8, 4) is 0 Å². The van der Waals surface area contributed by atoms with E-state index in [1.165, 1.54) is 0 Å². The van der Waals surface area contributed by atoms with Gasteiger partial charge < -0.3 is 15.6 Å². The molecule has 1 aliphatic heterocycles. The lowest BCUT2D eigenvalue weighted by molar-refractivity contribution is 0.743. The zero-order valence-electron chi connectivity index (χ0n) is 12.7. The molecule has 4 heteroatoms. The molecule has 0 amide bonds. The fraction of sp³-hybridized carbons (Fsp3) is 0.105. The Hall–Kier alpha value is -2.85. The van der Waals surface area contributed by atoms with E-state index in [2.05, 4.69) is 45.2 Å². The summed E-state index contributed by atoms with van der Waals surface area (Å²) in [5, 5.41) is 0. The molecule has 1 atom stereocenters. The molecule has 23 heavy (non-hydrogen) atoms. The van der Waals surface area contributed by atoms with Crippen LogP contribution in [0, 0.1) is 0 Å². The number of fused-ring (bicyclic) bond motifs is 1. The van der Waals surface area contributed by atoms with E-state index < -0.39 is 0 Å². The molecule has 4 rings (SSSR count). The van der Waals surface area contributed by atoms with E-state index in [0.717, 1.165) is 28.3 Å². The SMILES string of the molecule is NCC1=Cc2cccnc2N(c2ccccc2)C1c1ccc[nH]1. The van der Waals surface area contributed by atoms with Crippen molar-refractivity contribution < 1.29 is 0 Å². The van der Waals surface area contributed by atoms with Crippen LogP contribution in [0.3, 0.4) is 0 Å². The number of aromatic nitrogens is 2. The summed E-state index contributed by atoms with van der Waals surface area (Å²) >= 11 is 0. The van der Waals surface area contributed by atoms with Gasteiger partial charge in [-0.2, -0.15) is 0 Å². The molecule has 3 heterocycles. The molecule has 0 spiro atoms. The van der Waals surface area contributed by atoms with Gasteiger partial charge in [0.25, 0.3) is 0 Å². The highest BCUT2D eigenvalue weighted by molar-refractivity contribution is 5.78. The van der Waals surface area contributed by atoms with Crippen LogP contribution < -0.4 is 10.6 Å². The van der Waals surface area contributed by atoms with Crippen LogP contribution in [0.25, 0.3) is 6.08 Å². The molecule has 1 aliphatic rings. The summed E-state index contributed by atoms with van der Waals surface area (Å²) in [6.45, 7) is 0.501. The number of hydrogen-bond donors (Lipinski definition) is 2. The minimum absolute atomic E-state index is 0.0276. The monoisotopic (exact) mass is 302 g/mol. The van der Waals surface area contributed by atoms with Gasteiger partial charge in [-0.15, -0.1) is 0 Å². The van der Waals surface area contributed by atoms with Gasteiger partial charge in [0.05, 0.1) is 6.04 Å². The van der Waals surface area contributed by atoms with Gasteiger partial charge in [-0.1, -0.05) is 18.2 Å². The third-order valence-corrected chi connectivity index (χ3v) is 4.18. The lowest BCUT2D eigenvalue weighted by atomic mass is 9.94. The fourth-order valence-corrected chi connectivity index (χ4v) is 3.17. The molecule has 3 aromatic rings. The first-order valence-corrected chi connectivity index (χ1v) is 7.71. The molecule has 1 unspecified atom stereocenters. The highest BCUT2D eigenvalue weighted by Gasteiger charge is 2.31. The highest BCUT2D eigenvalue weighted by Crippen LogP contribution is 2.43. The Morgan fingerprint density at radius 2 is 1.91 bits per heavy atom. The van der Waals surface area contributed by atoms with Crippen LogP contribution in [0.5, 0.6) is 0 Å². The summed E-state index contributed by atoms with van der Waals surface area (Å²) in [5.41, 5.74) is 10.5. The van der Waals surface area contributed by atoms with Gasteiger partial charge in [0.1, 0.15) is 5.82 Å². The molecule has 4 nitrogen and oxygen atoms in total. The number of rotatable bonds is 3. The van der Waals surface area contributed by atoms with Crippen molar-refractivity contribution >= 4 is 17.6 Å². The second kappa shape index (κ2) is 5.74. The summed E-state index contributed by atoms with van der Waals surface area (Å²) in [4.78, 5) is 10.2. The Bertz CT molecular complexity index is 822. The molecule has 0 saturated heterocycles. The van der Waals surface area contributed by atoms with E-state index in [4.69, 9.17) is 5.73 Å². The maximum atomic E-state index is 6.07. The van der Waals surface area contributed by atoms with Crippen LogP contribution in [0.4, 0.5) is 11.5 Å². The van der Waals surface area contributed by atoms with Crippen LogP contribution >= 0.6 is 0 Å². The van der Waals surface area contributed by atoms with E-state index in [1.807, 2.05) is 42.7 Å². The largest absolute Gasteiger partial charge is 0.363 e. The van der Waals surface area contributed by atoms with E-state index in [-0.39, 0.29) is 6.04 Å². The Kier molecular flexibility index (Phi) is 3.44. The number of benzene rings is 1. The Labute approximate surface area is 135 Å². The summed E-state index contributed by atoms with van der Waals surface area (Å²) in [6, 6.07) is 18.5. The first kappa shape index (κ1) is 13.8. The van der Waals surface area contributed by atoms with E-state index >= 15 is 0 Å². The van der Waals surface area contributed by atoms with Crippen molar-refractivity contribution in [3.05, 3.63) is 83.8 Å². The summed E-state index contributed by atoms with van der Waals surface area (Å²) < 4.78 is 0. The number of hydrogen-bond acceptors (Lipinski definition) is 3. The smallest absolute Gasteiger partial charge is 0.141 e. The van der Waals surface area contributed by atoms with Gasteiger partial charge in [0.2, 0.25) is 0 Å². The van der Waals surface area contributed by atoms with Crippen LogP contribution in [0.15, 0.2) is 72.6 Å². The maximum Gasteiger partial charge on any atom is 0.141 e. The molecule has 0 bridgehead atoms. The molecule has 0 radical (unpaired) electrons. The van der Waals surface area contributed by atoms with Crippen molar-refractivity contribution in [2.45, 2.75) is 6.04 Å². The van der Waals surface area contributed by atoms with Gasteiger partial charge in [-0.25, -0.2) is 4.98 Å². The van der Waals surface area contributed by atoms with Gasteiger partial charge >= 0.3 is 0 Å². The normalized spacial score (nSPS) is 16.8. The number of aromatic amines is 1. The Morgan fingerprint density at radius 3 is 2.65 bits per heavy atom. The Morgan fingerprint density at radius 1 is 1.04 bits per heavy atom. The second-order valence-corrected chi connectivity index (χ2v) is 5.57. The molecule has 114 valence electrons. The zero-order chi connectivity index (χ0) is 15.6. The quantitative estimate of drug-likeness (QED) is 0.776. The summed E-state index contributed by atoms with van der Waals surface area (Å²) in [6.07, 6.45) is 5.94. The molecule has 2 aromatic heterocycles. The number of pyridine rings is 1. The third kappa shape index (κ3) is 2.33. The lowest BCUT2D eigenvalue weighted by Gasteiger charge is -2.37. The van der Waals surface area contributed by atoms with Crippen LogP contribution in [0.2, 0.25) is 0 Å². The molecule has 3 N–H and O–H groups in total. The standard InChI is InChI=1S/C19H18N4/c20-13-15-12-14-6-4-11-22-19(14)23(16-7-2-1-3-8-16)18(15)17-9-5-10-21-17/h1-12,18,21H,13,20H2. The van der Waals surface area contributed by atoms with Crippen LogP contribution in [-0.2, 0) is 0 Å². The lowest BCUT2D eigenvalue weighted by Crippen LogP contribution is -2.32. The predicted molar refractivity (Wildman–Crippen MR) is 93.4 cm³/mol. The van der Waals surface area contributed by atoms with Gasteiger partial charge in [0, 0.05) is 35.9 Å². The van der Waals surface area contributed by atoms with Gasteiger partial charge in [-0.05, 0) is 48.0 Å². The number of nitrogens with one attached hydrogen (secondary N) is 1. The number of H-pyrrole nitrogens is 1. The van der Waals surface area contributed by atoms with E-state index in [0.29, 0.717) is 6.54 Å². The predicted octanol–water partition coefficient (Wildman–Crippen LogP) is 3.64. The molecule has 0 fully saturated rings. The topological polar surface area (TPSA) is 57.9 Å². The van der Waals surface area contributed by atoms with Crippen molar-refractivity contribution in [2.75, 3.05) is 11.4 Å². The minimum Gasteiger partial charge on any atom is -0.363 e. The van der Waals surface area contributed by atoms with Crippen molar-refractivity contribution in [1.82, 2.24) is 9.97 Å². The average Bonchev–Trinajstić information content (AvgIpc) is 3.15. The van der Waals surface area contributed by atoms with Crippen LogP contribution in [0.1, 0.15) is 17.3 Å². The number of nitrogens with two attached hydrogens (primary N) is 1. The zero-order valence-corrected chi connectivity index (χ0v) is 12.7. The van der Waals surface area contributed by atoms with Gasteiger partial charge in [-0.3, -0.25) is 0 Å². The summed E-state index contributed by atoms with van der Waals surface area (Å²) in [7, 11) is 0. The molecular weight excluding hydrogens is 284 g/mol. The average molecular weight is 302 g/mol. The van der Waals surface area contributed by atoms with E-state index in [9.17, 15) is 0 Å². The number of nitrogens with zero attached hydrogens (tertiary/aromatic N) is 2. The molecule has 0 saturated carbocycles. The first-order chi connectivity index (χ1) is 11.4. The van der Waals surface area contributed by atoms with Gasteiger partial charge in [0.15, 0.2) is 0 Å². The van der Waals surface area contributed by atoms with Crippen molar-refractivity contribution in [1.29, 1.82) is 0 Å². The van der Waals surface area contributed by atoms with Crippen molar-refractivity contribution in [3.63, 3.8) is 0 Å². The molecular formula is C19H18N4. The van der Waals surface area contributed by atoms with Crippen molar-refractivity contribution in [2.24, 2.45) is 5.73 Å². The number of anilines is 2. The molecule has 0 aliphatic carbocycles. The number of para-hydroxylation sites is 1. The first-order valence-electron chi connectivity index (χ1n) is 7.71. The molecule has 1 aromatic carbocycles. The Balaban J connectivity index is 1.95. The minimum atomic E-state index is 0.0276. The third-order valence-electron chi connectivity index (χ3n) is 4.18. The highest BCUT2D eigenvalue weighted by atomic mass is 15.2. The second-order valence-electron chi connectivity index (χ2n) is 5.57. The fourth-order valence-electron chi connectivity index (χ4n) is 3.17. The summed E-state index contributed by atoms with van der Waals surface area (Å²) in [5.74, 6) is 0.954. The van der Waals surface area contributed by atoms with Crippen LogP contribution in [-0.4, -0.2) is 16.5 Å².